The molecule has 1 saturated carbocycles. The molecule has 3 aliphatic rings. The van der Waals surface area contributed by atoms with Crippen molar-refractivity contribution in [3.8, 4) is 0 Å². The van der Waals surface area contributed by atoms with Gasteiger partial charge in [-0.3, -0.25) is 0 Å². The smallest absolute Gasteiger partial charge is 0.177 e. The van der Waals surface area contributed by atoms with E-state index in [1.807, 2.05) is 22.4 Å². The molecule has 3 unspecified atom stereocenters. The number of aromatic nitrogens is 2. The largest absolute Gasteiger partial charge is 0.394 e. The molecule has 5 rings (SSSR count). The molecule has 5 N–H and O–H groups in total. The van der Waals surface area contributed by atoms with Crippen molar-refractivity contribution < 1.29 is 20.1 Å². The van der Waals surface area contributed by atoms with Gasteiger partial charge >= 0.3 is 0 Å². The molecule has 138 valence electrons. The van der Waals surface area contributed by atoms with E-state index in [0.29, 0.717) is 18.2 Å². The highest BCUT2D eigenvalue weighted by Crippen LogP contribution is 2.65. The number of nitrogens with two attached hydrogens (primary N) is 1. The van der Waals surface area contributed by atoms with Gasteiger partial charge in [0.05, 0.1) is 12.0 Å². The molecule has 9 heteroatoms. The monoisotopic (exact) mass is 376 g/mol. The summed E-state index contributed by atoms with van der Waals surface area (Å²) in [5, 5.41) is 32.8. The van der Waals surface area contributed by atoms with Crippen molar-refractivity contribution in [3.05, 3.63) is 34.3 Å². The second-order valence-corrected chi connectivity index (χ2v) is 8.47. The van der Waals surface area contributed by atoms with Crippen LogP contribution in [0.3, 0.4) is 0 Å². The van der Waals surface area contributed by atoms with Crippen molar-refractivity contribution in [1.82, 2.24) is 9.97 Å². The first kappa shape index (κ1) is 16.4. The summed E-state index contributed by atoms with van der Waals surface area (Å²) in [6.45, 7) is 2.20. The predicted octanol–water partition coefficient (Wildman–Crippen LogP) is -0.171. The summed E-state index contributed by atoms with van der Waals surface area (Å²) < 4.78 is 5.96. The molecule has 5 atom stereocenters. The van der Waals surface area contributed by atoms with Gasteiger partial charge in [0.1, 0.15) is 35.8 Å². The number of aliphatic hydroxyl groups excluding tert-OH is 2. The molecule has 0 bridgehead atoms. The number of fused-ring (bicyclic) bond motifs is 2. The van der Waals surface area contributed by atoms with Gasteiger partial charge in [0, 0.05) is 23.4 Å². The highest BCUT2D eigenvalue weighted by Gasteiger charge is 2.83. The summed E-state index contributed by atoms with van der Waals surface area (Å²) in [5.41, 5.74) is 4.02. The van der Waals surface area contributed by atoms with E-state index in [9.17, 15) is 15.3 Å². The molecular formula is C17H20N4O4S. The molecule has 2 aliphatic heterocycles. The number of nitrogens with zero attached hydrogens (tertiary/aromatic N) is 3. The van der Waals surface area contributed by atoms with E-state index in [2.05, 4.69) is 16.9 Å². The molecule has 2 aromatic rings. The standard InChI is InChI=1S/C17H20N4O4S/c1-15(10-3-2-4-26-10)7-21(14-11(15)13(18)19-8-20-14)17-6-16(17,24)12(23)9(5-22)25-17/h2-4,8-9,12,22-24H,5-7H2,1H3,(H2,18,19,20)/t9-,12?,15?,16?,17-/m1/s1. The third-order valence-corrected chi connectivity index (χ3v) is 7.20. The SMILES string of the molecule is CC1(c2cccs2)CN([C@@]23CC2(O)C(O)[C@@H](CO)O3)c2ncnc(N)c21. The van der Waals surface area contributed by atoms with E-state index in [-0.39, 0.29) is 13.0 Å². The molecule has 1 aliphatic carbocycles. The maximum absolute atomic E-state index is 10.9. The minimum Gasteiger partial charge on any atom is -0.394 e. The van der Waals surface area contributed by atoms with Gasteiger partial charge in [-0.25, -0.2) is 9.97 Å². The first-order valence-corrected chi connectivity index (χ1v) is 9.37. The minimum atomic E-state index is -1.43. The molecular weight excluding hydrogens is 356 g/mol. The minimum absolute atomic E-state index is 0.252. The molecule has 0 amide bonds. The number of nitrogen functional groups attached to an aromatic ring is 1. The predicted molar refractivity (Wildman–Crippen MR) is 94.8 cm³/mol. The van der Waals surface area contributed by atoms with Crippen molar-refractivity contribution in [2.24, 2.45) is 0 Å². The van der Waals surface area contributed by atoms with Gasteiger partial charge in [-0.15, -0.1) is 11.3 Å². The molecule has 26 heavy (non-hydrogen) atoms. The van der Waals surface area contributed by atoms with Crippen LogP contribution in [0.5, 0.6) is 0 Å². The van der Waals surface area contributed by atoms with Crippen LogP contribution in [-0.4, -0.2) is 62.0 Å². The first-order chi connectivity index (χ1) is 12.4. The zero-order chi connectivity index (χ0) is 18.3. The molecule has 0 spiro atoms. The lowest BCUT2D eigenvalue weighted by Gasteiger charge is -2.31. The fraction of sp³-hybridized carbons (Fsp3) is 0.529. The molecule has 4 heterocycles. The van der Waals surface area contributed by atoms with E-state index < -0.39 is 28.9 Å². The topological polar surface area (TPSA) is 125 Å². The quantitative estimate of drug-likeness (QED) is 0.582. The van der Waals surface area contributed by atoms with Crippen LogP contribution < -0.4 is 10.6 Å². The van der Waals surface area contributed by atoms with Crippen LogP contribution in [0.15, 0.2) is 23.8 Å². The van der Waals surface area contributed by atoms with Gasteiger partial charge in [0.25, 0.3) is 0 Å². The van der Waals surface area contributed by atoms with Crippen molar-refractivity contribution in [1.29, 1.82) is 0 Å². The molecule has 8 nitrogen and oxygen atoms in total. The lowest BCUT2D eigenvalue weighted by atomic mass is 9.84. The summed E-state index contributed by atoms with van der Waals surface area (Å²) >= 11 is 1.62. The van der Waals surface area contributed by atoms with Gasteiger partial charge in [-0.1, -0.05) is 6.07 Å². The number of thiophene rings is 1. The molecule has 2 aromatic heterocycles. The molecule has 0 radical (unpaired) electrons. The zero-order valence-electron chi connectivity index (χ0n) is 14.2. The Labute approximate surface area is 153 Å². The van der Waals surface area contributed by atoms with Crippen molar-refractivity contribution in [2.45, 2.75) is 42.3 Å². The Balaban J connectivity index is 1.65. The number of hydrogen-bond acceptors (Lipinski definition) is 9. The molecule has 1 saturated heterocycles. The Hall–Kier alpha value is -1.78. The van der Waals surface area contributed by atoms with Crippen LogP contribution in [0.4, 0.5) is 11.6 Å². The van der Waals surface area contributed by atoms with E-state index in [1.54, 1.807) is 11.3 Å². The van der Waals surface area contributed by atoms with Gasteiger partial charge < -0.3 is 30.7 Å². The Bertz CT molecular complexity index is 880. The summed E-state index contributed by atoms with van der Waals surface area (Å²) in [6, 6.07) is 4.03. The maximum atomic E-state index is 10.9. The van der Waals surface area contributed by atoms with Crippen molar-refractivity contribution in [2.75, 3.05) is 23.8 Å². The second-order valence-electron chi connectivity index (χ2n) is 7.52. The van der Waals surface area contributed by atoms with E-state index in [4.69, 9.17) is 10.5 Å². The van der Waals surface area contributed by atoms with Crippen molar-refractivity contribution in [3.63, 3.8) is 0 Å². The average Bonchev–Trinajstić information content (AvgIpc) is 3.02. The zero-order valence-corrected chi connectivity index (χ0v) is 15.0. The van der Waals surface area contributed by atoms with Gasteiger partial charge in [-0.2, -0.15) is 0 Å². The first-order valence-electron chi connectivity index (χ1n) is 8.49. The second kappa shape index (κ2) is 4.93. The summed E-state index contributed by atoms with van der Waals surface area (Å²) in [6.07, 6.45) is -0.329. The number of rotatable bonds is 3. The Kier molecular flexibility index (Phi) is 3.11. The lowest BCUT2D eigenvalue weighted by molar-refractivity contribution is -0.0636. The molecule has 0 aromatic carbocycles. The van der Waals surface area contributed by atoms with E-state index >= 15 is 0 Å². The summed E-state index contributed by atoms with van der Waals surface area (Å²) in [4.78, 5) is 11.6. The number of ether oxygens (including phenoxy) is 1. The number of hydrogen-bond donors (Lipinski definition) is 4. The fourth-order valence-electron chi connectivity index (χ4n) is 4.64. The Morgan fingerprint density at radius 2 is 2.27 bits per heavy atom. The van der Waals surface area contributed by atoms with Crippen LogP contribution in [-0.2, 0) is 10.2 Å². The Morgan fingerprint density at radius 3 is 2.92 bits per heavy atom. The maximum Gasteiger partial charge on any atom is 0.177 e. The highest BCUT2D eigenvalue weighted by molar-refractivity contribution is 7.10. The van der Waals surface area contributed by atoms with E-state index in [0.717, 1.165) is 10.4 Å². The van der Waals surface area contributed by atoms with Crippen LogP contribution in [0.2, 0.25) is 0 Å². The number of aliphatic hydroxyl groups is 3. The Morgan fingerprint density at radius 1 is 1.46 bits per heavy atom. The van der Waals surface area contributed by atoms with Crippen LogP contribution in [0.1, 0.15) is 23.8 Å². The van der Waals surface area contributed by atoms with Crippen LogP contribution >= 0.6 is 11.3 Å². The van der Waals surface area contributed by atoms with Crippen LogP contribution in [0, 0.1) is 0 Å². The summed E-state index contributed by atoms with van der Waals surface area (Å²) in [5.74, 6) is 1.00. The van der Waals surface area contributed by atoms with E-state index in [1.165, 1.54) is 6.33 Å². The van der Waals surface area contributed by atoms with Gasteiger partial charge in [-0.05, 0) is 18.4 Å². The van der Waals surface area contributed by atoms with Gasteiger partial charge in [0.15, 0.2) is 5.72 Å². The normalized spacial score (nSPS) is 40.5. The van der Waals surface area contributed by atoms with Crippen LogP contribution in [0.25, 0.3) is 0 Å². The molecule has 2 fully saturated rings. The van der Waals surface area contributed by atoms with Crippen molar-refractivity contribution >= 4 is 23.0 Å². The van der Waals surface area contributed by atoms with Gasteiger partial charge in [0.2, 0.25) is 0 Å². The fourth-order valence-corrected chi connectivity index (χ4v) is 5.53. The third kappa shape index (κ3) is 1.72. The lowest BCUT2D eigenvalue weighted by Crippen LogP contribution is -2.46. The number of anilines is 2. The third-order valence-electron chi connectivity index (χ3n) is 6.07. The summed E-state index contributed by atoms with van der Waals surface area (Å²) in [7, 11) is 0. The average molecular weight is 376 g/mol. The highest BCUT2D eigenvalue weighted by atomic mass is 32.1.